The van der Waals surface area contributed by atoms with Gasteiger partial charge in [0.25, 0.3) is 5.91 Å². The zero-order chi connectivity index (χ0) is 23.3. The molecule has 13 heteroatoms. The molecule has 1 aliphatic heterocycles. The van der Waals surface area contributed by atoms with Crippen LogP contribution in [0.15, 0.2) is 41.3 Å². The molecule has 0 saturated heterocycles. The van der Waals surface area contributed by atoms with Gasteiger partial charge in [-0.05, 0) is 49.7 Å². The summed E-state index contributed by atoms with van der Waals surface area (Å²) < 4.78 is 74.7. The number of ether oxygens (including phenoxy) is 1. The van der Waals surface area contributed by atoms with Crippen molar-refractivity contribution in [3.8, 4) is 5.75 Å². The van der Waals surface area contributed by atoms with Crippen LogP contribution in [0.1, 0.15) is 29.8 Å². The molecule has 1 heterocycles. The highest BCUT2D eigenvalue weighted by atomic mass is 35.5. The molecular formula is C18H18BClF5NO4S. The lowest BCUT2D eigenvalue weighted by molar-refractivity contribution is 0.0880. The largest absolute Gasteiger partial charge is 0.493 e. The third-order valence-electron chi connectivity index (χ3n) is 4.48. The van der Waals surface area contributed by atoms with Gasteiger partial charge in [-0.15, -0.1) is 0 Å². The van der Waals surface area contributed by atoms with Crippen LogP contribution in [0, 0.1) is 0 Å². The molecule has 0 saturated carbocycles. The molecular weight excluding hydrogens is 468 g/mol. The summed E-state index contributed by atoms with van der Waals surface area (Å²) in [5, 5.41) is 12.6. The Balaban J connectivity index is 1.68. The number of benzene rings is 2. The monoisotopic (exact) mass is 485 g/mol. The van der Waals surface area contributed by atoms with Crippen molar-refractivity contribution in [2.45, 2.75) is 30.9 Å². The van der Waals surface area contributed by atoms with Crippen LogP contribution in [0.25, 0.3) is 0 Å². The van der Waals surface area contributed by atoms with Crippen molar-refractivity contribution in [2.24, 2.45) is 0 Å². The zero-order valence-corrected chi connectivity index (χ0v) is 17.9. The molecule has 0 fully saturated rings. The third kappa shape index (κ3) is 5.43. The lowest BCUT2D eigenvalue weighted by Gasteiger charge is -2.40. The maximum atomic E-state index is 12.8. The van der Waals surface area contributed by atoms with Gasteiger partial charge in [-0.1, -0.05) is 37.1 Å². The summed E-state index contributed by atoms with van der Waals surface area (Å²) in [6.07, 6.45) is 0. The maximum Gasteiger partial charge on any atom is 0.493 e. The van der Waals surface area contributed by atoms with Crippen molar-refractivity contribution >= 4 is 40.3 Å². The number of fused-ring (bicyclic) bond motifs is 1. The molecule has 2 aromatic carbocycles. The van der Waals surface area contributed by atoms with Gasteiger partial charge in [0.15, 0.2) is 0 Å². The Morgan fingerprint density at radius 1 is 1.19 bits per heavy atom. The Hall–Kier alpha value is -2.02. The van der Waals surface area contributed by atoms with E-state index in [0.717, 1.165) is 0 Å². The molecule has 2 aromatic rings. The minimum absolute atomic E-state index is 0.0856. The van der Waals surface area contributed by atoms with Crippen molar-refractivity contribution < 1.29 is 38.6 Å². The summed E-state index contributed by atoms with van der Waals surface area (Å²) in [7, 11) is -11.0. The normalized spacial score (nSPS) is 16.4. The molecule has 0 aromatic heterocycles. The van der Waals surface area contributed by atoms with E-state index >= 15 is 0 Å². The molecule has 1 amide bonds. The van der Waals surface area contributed by atoms with Crippen LogP contribution in [0.2, 0.25) is 5.02 Å². The molecule has 0 radical (unpaired) electrons. The standard InChI is InChI=1S/C18H18BClF5NO4S/c1-18(2,10-29-14-8-5-12-9-30-19(28)15(12)16(14)20)26-17(27)11-3-6-13(7-4-11)31(21,22,23,24)25/h3-8,28H,9-10H2,1-2H3,(H,26,27). The van der Waals surface area contributed by atoms with Gasteiger partial charge >= 0.3 is 17.3 Å². The van der Waals surface area contributed by atoms with Crippen LogP contribution < -0.4 is 15.5 Å². The number of carbonyl (C=O) groups is 1. The lowest BCUT2D eigenvalue weighted by Crippen LogP contribution is -2.48. The number of halogens is 6. The van der Waals surface area contributed by atoms with E-state index in [-0.39, 0.29) is 41.7 Å². The highest BCUT2D eigenvalue weighted by Crippen LogP contribution is 3.02. The summed E-state index contributed by atoms with van der Waals surface area (Å²) in [5.41, 5.74) is -0.125. The molecule has 1 aliphatic rings. The molecule has 0 bridgehead atoms. The fourth-order valence-corrected chi connectivity index (χ4v) is 3.89. The van der Waals surface area contributed by atoms with E-state index in [9.17, 15) is 29.2 Å². The second kappa shape index (κ2) is 6.99. The molecule has 3 rings (SSSR count). The topological polar surface area (TPSA) is 67.8 Å². The molecule has 0 atom stereocenters. The lowest BCUT2D eigenvalue weighted by atomic mass is 9.79. The van der Waals surface area contributed by atoms with Gasteiger partial charge in [-0.25, -0.2) is 0 Å². The average Bonchev–Trinajstić information content (AvgIpc) is 3.01. The van der Waals surface area contributed by atoms with Gasteiger partial charge in [0.05, 0.1) is 17.2 Å². The van der Waals surface area contributed by atoms with Crippen LogP contribution in [0.3, 0.4) is 0 Å². The highest BCUT2D eigenvalue weighted by Gasteiger charge is 2.65. The maximum absolute atomic E-state index is 12.8. The number of hydrogen-bond donors (Lipinski definition) is 2. The van der Waals surface area contributed by atoms with Crippen LogP contribution in [-0.2, 0) is 11.3 Å². The van der Waals surface area contributed by atoms with E-state index < -0.39 is 33.7 Å². The first kappa shape index (κ1) is 23.6. The summed E-state index contributed by atoms with van der Waals surface area (Å²) in [4.78, 5) is 10.3. The van der Waals surface area contributed by atoms with Gasteiger partial charge in [-0.2, -0.15) is 0 Å². The SMILES string of the molecule is CC(C)(COc1ccc2c(c1Cl)B(O)OC2)NC(=O)c1ccc(S(F)(F)(F)(F)F)cc1. The van der Waals surface area contributed by atoms with Gasteiger partial charge in [0.1, 0.15) is 17.3 Å². The summed E-state index contributed by atoms with van der Waals surface area (Å²) in [6.45, 7) is 3.30. The van der Waals surface area contributed by atoms with Crippen LogP contribution in [-0.4, -0.2) is 30.2 Å². The van der Waals surface area contributed by atoms with E-state index in [1.807, 2.05) is 0 Å². The summed E-state index contributed by atoms with van der Waals surface area (Å²) in [5.74, 6) is -0.529. The first-order chi connectivity index (χ1) is 14.0. The van der Waals surface area contributed by atoms with E-state index in [1.165, 1.54) is 0 Å². The smallest absolute Gasteiger partial charge is 0.490 e. The molecule has 5 nitrogen and oxygen atoms in total. The summed E-state index contributed by atoms with van der Waals surface area (Å²) in [6, 6.07) is 4.98. The average molecular weight is 486 g/mol. The molecule has 170 valence electrons. The molecule has 0 aliphatic carbocycles. The Morgan fingerprint density at radius 3 is 2.39 bits per heavy atom. The number of carbonyl (C=O) groups excluding carboxylic acids is 1. The molecule has 0 unspecified atom stereocenters. The Labute approximate surface area is 180 Å². The quantitative estimate of drug-likeness (QED) is 0.456. The Morgan fingerprint density at radius 2 is 1.81 bits per heavy atom. The first-order valence-corrected chi connectivity index (χ1v) is 11.2. The Bertz CT molecular complexity index is 1030. The highest BCUT2D eigenvalue weighted by molar-refractivity contribution is 8.45. The van der Waals surface area contributed by atoms with Crippen LogP contribution >= 0.6 is 21.8 Å². The van der Waals surface area contributed by atoms with E-state index in [2.05, 4.69) is 5.32 Å². The number of hydrogen-bond acceptors (Lipinski definition) is 4. The predicted molar refractivity (Wildman–Crippen MR) is 109 cm³/mol. The van der Waals surface area contributed by atoms with Gasteiger partial charge < -0.3 is 19.7 Å². The van der Waals surface area contributed by atoms with Crippen LogP contribution in [0.5, 0.6) is 5.75 Å². The van der Waals surface area contributed by atoms with Crippen molar-refractivity contribution in [3.05, 3.63) is 52.5 Å². The molecule has 0 spiro atoms. The van der Waals surface area contributed by atoms with Crippen molar-refractivity contribution in [2.75, 3.05) is 6.61 Å². The minimum Gasteiger partial charge on any atom is -0.490 e. The molecule has 2 N–H and O–H groups in total. The van der Waals surface area contributed by atoms with Crippen molar-refractivity contribution in [1.82, 2.24) is 5.32 Å². The van der Waals surface area contributed by atoms with E-state index in [0.29, 0.717) is 23.2 Å². The number of nitrogens with one attached hydrogen (secondary N) is 1. The zero-order valence-electron chi connectivity index (χ0n) is 16.3. The van der Waals surface area contributed by atoms with Crippen molar-refractivity contribution in [1.29, 1.82) is 0 Å². The van der Waals surface area contributed by atoms with Crippen LogP contribution in [0.4, 0.5) is 19.4 Å². The fraction of sp³-hybridized carbons (Fsp3) is 0.278. The third-order valence-corrected chi connectivity index (χ3v) is 6.03. The number of rotatable bonds is 6. The predicted octanol–water partition coefficient (Wildman–Crippen LogP) is 4.80. The summed E-state index contributed by atoms with van der Waals surface area (Å²) >= 11 is 6.25. The number of amides is 1. The van der Waals surface area contributed by atoms with Gasteiger partial charge in [-0.3, -0.25) is 4.79 Å². The second-order valence-electron chi connectivity index (χ2n) is 7.73. The second-order valence-corrected chi connectivity index (χ2v) is 10.5. The van der Waals surface area contributed by atoms with Gasteiger partial charge in [0, 0.05) is 11.0 Å². The Kier molecular flexibility index (Phi) is 5.33. The van der Waals surface area contributed by atoms with Gasteiger partial charge in [0.2, 0.25) is 0 Å². The van der Waals surface area contributed by atoms with Crippen molar-refractivity contribution in [3.63, 3.8) is 0 Å². The minimum atomic E-state index is -9.81. The molecule has 31 heavy (non-hydrogen) atoms. The van der Waals surface area contributed by atoms with E-state index in [4.69, 9.17) is 21.0 Å². The fourth-order valence-electron chi connectivity index (χ4n) is 2.91. The first-order valence-electron chi connectivity index (χ1n) is 8.87. The van der Waals surface area contributed by atoms with E-state index in [1.54, 1.807) is 26.0 Å².